The molecule has 0 radical (unpaired) electrons. The van der Waals surface area contributed by atoms with Gasteiger partial charge in [0.05, 0.1) is 18.0 Å². The van der Waals surface area contributed by atoms with Gasteiger partial charge in [0, 0.05) is 28.5 Å². The molecule has 1 aliphatic rings. The van der Waals surface area contributed by atoms with E-state index in [2.05, 4.69) is 157 Å². The fraction of sp³-hybridized carbons (Fsp3) is 0.0784. The average molecular weight is 920 g/mol. The van der Waals surface area contributed by atoms with Crippen molar-refractivity contribution in [1.82, 2.24) is 9.55 Å². The Hall–Kier alpha value is -6.42. The van der Waals surface area contributed by atoms with Crippen LogP contribution < -0.4 is 14.7 Å². The number of anilines is 6. The van der Waals surface area contributed by atoms with Crippen LogP contribution in [-0.4, -0.2) is 23.2 Å². The number of hydrogen-bond acceptors (Lipinski definition) is 4. The van der Waals surface area contributed by atoms with Gasteiger partial charge >= 0.3 is 21.1 Å². The third-order valence-corrected chi connectivity index (χ3v) is 10.8. The Bertz CT molecular complexity index is 3010. The number of aromatic nitrogens is 2. The van der Waals surface area contributed by atoms with Gasteiger partial charge in [-0.3, -0.25) is 0 Å². The van der Waals surface area contributed by atoms with Gasteiger partial charge < -0.3 is 19.3 Å². The van der Waals surface area contributed by atoms with Gasteiger partial charge in [0.1, 0.15) is 5.82 Å². The van der Waals surface area contributed by atoms with Crippen molar-refractivity contribution in [2.24, 2.45) is 0 Å². The maximum absolute atomic E-state index is 8.28. The Morgan fingerprint density at radius 1 is 0.614 bits per heavy atom. The van der Waals surface area contributed by atoms with Gasteiger partial charge in [-0.15, -0.1) is 35.7 Å². The topological polar surface area (TPSA) is 27.5 Å². The summed E-state index contributed by atoms with van der Waals surface area (Å²) in [4.78, 5) is 10.7. The smallest absolute Gasteiger partial charge is 0.358 e. The minimum atomic E-state index is -2.30. The molecule has 0 saturated carbocycles. The maximum atomic E-state index is 8.28. The summed E-state index contributed by atoms with van der Waals surface area (Å²) < 4.78 is 27.1. The fourth-order valence-electron chi connectivity index (χ4n) is 8.25. The van der Waals surface area contributed by atoms with Crippen molar-refractivity contribution in [1.29, 1.82) is 0 Å². The molecule has 0 aliphatic carbocycles. The quantitative estimate of drug-likeness (QED) is 0.149. The average Bonchev–Trinajstić information content (AvgIpc) is 3.82. The van der Waals surface area contributed by atoms with Gasteiger partial charge in [0.2, 0.25) is 0 Å². The van der Waals surface area contributed by atoms with E-state index in [9.17, 15) is 0 Å². The summed E-state index contributed by atoms with van der Waals surface area (Å²) >= 11 is 0. The Labute approximate surface area is 352 Å². The molecule has 278 valence electrons. The number of pyridine rings is 1. The predicted molar refractivity (Wildman–Crippen MR) is 233 cm³/mol. The molecule has 0 fully saturated rings. The van der Waals surface area contributed by atoms with Gasteiger partial charge in [-0.2, -0.15) is 12.1 Å². The van der Waals surface area contributed by atoms with Crippen LogP contribution >= 0.6 is 0 Å². The van der Waals surface area contributed by atoms with Crippen LogP contribution in [0.15, 0.2) is 170 Å². The third-order valence-electron chi connectivity index (χ3n) is 10.8. The van der Waals surface area contributed by atoms with Crippen molar-refractivity contribution in [2.45, 2.75) is 13.8 Å². The Morgan fingerprint density at radius 2 is 1.30 bits per heavy atom. The second kappa shape index (κ2) is 14.9. The molecule has 7 aromatic carbocycles. The number of para-hydroxylation sites is 4. The first kappa shape index (κ1) is 32.8. The summed E-state index contributed by atoms with van der Waals surface area (Å²) in [5, 5.41) is 2.18. The third kappa shape index (κ3) is 6.29. The van der Waals surface area contributed by atoms with Gasteiger partial charge in [-0.25, -0.2) is 4.98 Å². The number of nitrogens with zero attached hydrogens (tertiary/aromatic N) is 5. The van der Waals surface area contributed by atoms with Crippen molar-refractivity contribution >= 4 is 55.9 Å². The maximum Gasteiger partial charge on any atom is 2.00 e. The molecule has 0 N–H and O–H groups in total. The van der Waals surface area contributed by atoms with E-state index in [-0.39, 0.29) is 27.7 Å². The number of benzene rings is 7. The largest absolute Gasteiger partial charge is 2.00 e. The van der Waals surface area contributed by atoms with Crippen LogP contribution in [0.3, 0.4) is 0 Å². The number of hydrogen-bond donors (Lipinski definition) is 0. The van der Waals surface area contributed by atoms with Crippen LogP contribution in [0.1, 0.15) is 15.2 Å². The van der Waals surface area contributed by atoms with E-state index in [0.29, 0.717) is 5.69 Å². The molecule has 1 aliphatic heterocycles. The van der Waals surface area contributed by atoms with Crippen molar-refractivity contribution < 1.29 is 25.2 Å². The molecule has 0 unspecified atom stereocenters. The molecule has 0 spiro atoms. The Balaban J connectivity index is 0.00000462. The molecule has 0 bridgehead atoms. The Kier molecular flexibility index (Phi) is 8.58. The minimum Gasteiger partial charge on any atom is -0.358 e. The summed E-state index contributed by atoms with van der Waals surface area (Å²) in [6.07, 6.45) is 1.89. The zero-order valence-corrected chi connectivity index (χ0v) is 33.7. The van der Waals surface area contributed by atoms with E-state index in [4.69, 9.17) is 9.10 Å². The van der Waals surface area contributed by atoms with E-state index in [0.717, 1.165) is 89.4 Å². The second-order valence-corrected chi connectivity index (χ2v) is 14.3. The van der Waals surface area contributed by atoms with Crippen molar-refractivity contribution in [3.8, 4) is 28.1 Å². The van der Waals surface area contributed by atoms with Crippen LogP contribution in [0.5, 0.6) is 0 Å². The van der Waals surface area contributed by atoms with Gasteiger partial charge in [-0.05, 0) is 82.9 Å². The van der Waals surface area contributed by atoms with Crippen LogP contribution in [0.4, 0.5) is 34.1 Å². The van der Waals surface area contributed by atoms with Gasteiger partial charge in [0.15, 0.2) is 0 Å². The molecule has 9 aromatic rings. The minimum absolute atomic E-state index is 0. The van der Waals surface area contributed by atoms with E-state index < -0.39 is 6.98 Å². The molecule has 5 nitrogen and oxygen atoms in total. The standard InChI is InChI=1S/C51H39N5.Pt/c1-35-15-13-16-36(2)51(35)55(40-20-14-19-39(32-40)54-34-53(3)47-25-11-12-26-48(47)54)41-27-28-45-44-23-9-10-24-46(44)56(49(45)33-41)50-31-38(29-30-52-50)43-22-8-7-21-42(43)37-17-5-4-6-18-37;/h4-31H,34H2,1-3H3;/q-2;+2/i3D3;. The van der Waals surface area contributed by atoms with E-state index in [1.54, 1.807) is 0 Å². The van der Waals surface area contributed by atoms with Crippen LogP contribution in [0, 0.1) is 26.0 Å². The fourth-order valence-corrected chi connectivity index (χ4v) is 8.25. The summed E-state index contributed by atoms with van der Waals surface area (Å²) in [6, 6.07) is 63.7. The van der Waals surface area contributed by atoms with E-state index >= 15 is 0 Å². The summed E-state index contributed by atoms with van der Waals surface area (Å²) in [7, 11) is 0. The van der Waals surface area contributed by atoms with E-state index in [1.165, 1.54) is 4.90 Å². The molecule has 10 rings (SSSR count). The molecular formula is C51H39N5Pt. The molecule has 0 amide bonds. The Morgan fingerprint density at radius 3 is 2.11 bits per heavy atom. The SMILES string of the molecule is [2H]C([2H])([2H])N1CN(c2[c-]c(N(c3[c-]c4c(cc3)c3ccccc3n4-c3cc(-c4ccccc4-c4ccccc4)ccn3)c3c(C)cccc3C)ccc2)c2ccccc21.[Pt+2]. The summed E-state index contributed by atoms with van der Waals surface area (Å²) in [6.45, 7) is 2.14. The molecule has 57 heavy (non-hydrogen) atoms. The number of rotatable bonds is 7. The molecule has 2 aromatic heterocycles. The van der Waals surface area contributed by atoms with Gasteiger partial charge in [-0.1, -0.05) is 126 Å². The zero-order valence-electron chi connectivity index (χ0n) is 34.4. The van der Waals surface area contributed by atoms with Crippen LogP contribution in [0.25, 0.3) is 49.9 Å². The first-order chi connectivity index (χ1) is 28.7. The second-order valence-electron chi connectivity index (χ2n) is 14.3. The zero-order chi connectivity index (χ0) is 40.3. The first-order valence-electron chi connectivity index (χ1n) is 20.3. The monoisotopic (exact) mass is 919 g/mol. The first-order valence-corrected chi connectivity index (χ1v) is 18.8. The number of aryl methyl sites for hydroxylation is 2. The number of fused-ring (bicyclic) bond motifs is 4. The normalized spacial score (nSPS) is 13.2. The van der Waals surface area contributed by atoms with Crippen molar-refractivity contribution in [2.75, 3.05) is 28.3 Å². The molecule has 0 atom stereocenters. The molecule has 0 saturated heterocycles. The van der Waals surface area contributed by atoms with E-state index in [1.807, 2.05) is 53.6 Å². The van der Waals surface area contributed by atoms with Crippen LogP contribution in [-0.2, 0) is 21.1 Å². The summed E-state index contributed by atoms with van der Waals surface area (Å²) in [5.74, 6) is 0.795. The van der Waals surface area contributed by atoms with Crippen molar-refractivity contribution in [3.05, 3.63) is 193 Å². The van der Waals surface area contributed by atoms with Gasteiger partial charge in [0.25, 0.3) is 0 Å². The molecule has 6 heteroatoms. The molecule has 3 heterocycles. The predicted octanol–water partition coefficient (Wildman–Crippen LogP) is 12.7. The summed E-state index contributed by atoms with van der Waals surface area (Å²) in [5.41, 5.74) is 13.6. The van der Waals surface area contributed by atoms with Crippen molar-refractivity contribution in [3.63, 3.8) is 0 Å². The van der Waals surface area contributed by atoms with Crippen LogP contribution in [0.2, 0.25) is 0 Å². The molecular weight excluding hydrogens is 878 g/mol.